The van der Waals surface area contributed by atoms with Gasteiger partial charge in [0.2, 0.25) is 5.91 Å². The number of hydrogen-bond acceptors (Lipinski definition) is 3. The summed E-state index contributed by atoms with van der Waals surface area (Å²) in [7, 11) is -1.45. The minimum Gasteiger partial charge on any atom is -0.423 e. The Kier molecular flexibility index (Phi) is 2.50. The minimum atomic E-state index is -1.45. The molecule has 0 saturated carbocycles. The van der Waals surface area contributed by atoms with Gasteiger partial charge in [0, 0.05) is 12.1 Å². The summed E-state index contributed by atoms with van der Waals surface area (Å²) in [6, 6.07) is 3.40. The molecule has 3 N–H and O–H groups in total. The van der Waals surface area contributed by atoms with Crippen LogP contribution in [0.1, 0.15) is 17.5 Å². The van der Waals surface area contributed by atoms with Crippen molar-refractivity contribution in [2.75, 3.05) is 5.32 Å². The lowest BCUT2D eigenvalue weighted by Crippen LogP contribution is -2.32. The fourth-order valence-corrected chi connectivity index (χ4v) is 1.87. The highest BCUT2D eigenvalue weighted by atomic mass is 16.4. The molecular formula is C10H12BNO3. The van der Waals surface area contributed by atoms with Crippen molar-refractivity contribution in [1.82, 2.24) is 0 Å². The third-order valence-corrected chi connectivity index (χ3v) is 2.62. The Balaban J connectivity index is 2.47. The molecule has 1 heterocycles. The van der Waals surface area contributed by atoms with Crippen molar-refractivity contribution in [2.24, 2.45) is 0 Å². The molecule has 0 spiro atoms. The van der Waals surface area contributed by atoms with Crippen LogP contribution in [0.25, 0.3) is 0 Å². The van der Waals surface area contributed by atoms with E-state index in [1.165, 1.54) is 0 Å². The quantitative estimate of drug-likeness (QED) is 0.544. The lowest BCUT2D eigenvalue weighted by atomic mass is 9.77. The summed E-state index contributed by atoms with van der Waals surface area (Å²) in [5, 5.41) is 20.9. The Morgan fingerprint density at radius 2 is 2.07 bits per heavy atom. The van der Waals surface area contributed by atoms with Crippen molar-refractivity contribution < 1.29 is 14.8 Å². The van der Waals surface area contributed by atoms with E-state index in [0.29, 0.717) is 18.3 Å². The van der Waals surface area contributed by atoms with E-state index in [1.54, 1.807) is 12.1 Å². The number of anilines is 1. The van der Waals surface area contributed by atoms with Crippen LogP contribution in [0.4, 0.5) is 5.69 Å². The average Bonchev–Trinajstić information content (AvgIpc) is 2.18. The smallest absolute Gasteiger partial charge is 0.423 e. The van der Waals surface area contributed by atoms with Gasteiger partial charge in [0.1, 0.15) is 0 Å². The van der Waals surface area contributed by atoms with Gasteiger partial charge in [-0.2, -0.15) is 0 Å². The Bertz CT molecular complexity index is 417. The summed E-state index contributed by atoms with van der Waals surface area (Å²) in [4.78, 5) is 11.2. The van der Waals surface area contributed by atoms with Crippen LogP contribution in [0.15, 0.2) is 12.1 Å². The highest BCUT2D eigenvalue weighted by Gasteiger charge is 2.20. The normalized spacial score (nSPS) is 14.5. The predicted octanol–water partition coefficient (Wildman–Crippen LogP) is -0.440. The van der Waals surface area contributed by atoms with E-state index in [4.69, 9.17) is 10.0 Å². The number of hydrogen-bond donors (Lipinski definition) is 3. The first-order chi connectivity index (χ1) is 7.08. The molecule has 0 bridgehead atoms. The van der Waals surface area contributed by atoms with Crippen LogP contribution >= 0.6 is 0 Å². The predicted molar refractivity (Wildman–Crippen MR) is 58.0 cm³/mol. The van der Waals surface area contributed by atoms with Crippen molar-refractivity contribution >= 4 is 24.2 Å². The second-order valence-electron chi connectivity index (χ2n) is 3.79. The van der Waals surface area contributed by atoms with Gasteiger partial charge < -0.3 is 15.4 Å². The maximum atomic E-state index is 11.2. The highest BCUT2D eigenvalue weighted by Crippen LogP contribution is 2.24. The van der Waals surface area contributed by atoms with Crippen molar-refractivity contribution in [3.05, 3.63) is 23.3 Å². The van der Waals surface area contributed by atoms with E-state index in [0.717, 1.165) is 16.8 Å². The molecule has 78 valence electrons. The second kappa shape index (κ2) is 3.68. The van der Waals surface area contributed by atoms with E-state index < -0.39 is 7.12 Å². The largest absolute Gasteiger partial charge is 0.488 e. The van der Waals surface area contributed by atoms with E-state index in [1.807, 2.05) is 6.92 Å². The Hall–Kier alpha value is -1.33. The molecule has 1 amide bonds. The summed E-state index contributed by atoms with van der Waals surface area (Å²) in [6.07, 6.45) is 1.11. The van der Waals surface area contributed by atoms with Gasteiger partial charge in [0.05, 0.1) is 0 Å². The molecular weight excluding hydrogens is 193 g/mol. The SMILES string of the molecule is Cc1cc(B(O)O)cc2c1NC(=O)CC2. The third-order valence-electron chi connectivity index (χ3n) is 2.62. The average molecular weight is 205 g/mol. The van der Waals surface area contributed by atoms with Crippen molar-refractivity contribution in [3.8, 4) is 0 Å². The van der Waals surface area contributed by atoms with Gasteiger partial charge >= 0.3 is 7.12 Å². The molecule has 0 aliphatic carbocycles. The van der Waals surface area contributed by atoms with Crippen LogP contribution in [0.5, 0.6) is 0 Å². The molecule has 0 unspecified atom stereocenters. The molecule has 0 fully saturated rings. The zero-order valence-corrected chi connectivity index (χ0v) is 8.45. The van der Waals surface area contributed by atoms with Crippen molar-refractivity contribution in [2.45, 2.75) is 19.8 Å². The number of rotatable bonds is 1. The molecule has 0 radical (unpaired) electrons. The highest BCUT2D eigenvalue weighted by molar-refractivity contribution is 6.58. The molecule has 1 aromatic carbocycles. The number of benzene rings is 1. The molecule has 1 aromatic rings. The zero-order chi connectivity index (χ0) is 11.0. The number of amides is 1. The first kappa shape index (κ1) is 10.2. The number of carbonyl (C=O) groups excluding carboxylic acids is 1. The molecule has 0 saturated heterocycles. The van der Waals surface area contributed by atoms with Gasteiger partial charge in [-0.15, -0.1) is 0 Å². The first-order valence-electron chi connectivity index (χ1n) is 4.87. The summed E-state index contributed by atoms with van der Waals surface area (Å²) < 4.78 is 0. The number of nitrogens with one attached hydrogen (secondary N) is 1. The Labute approximate surface area is 88.1 Å². The van der Waals surface area contributed by atoms with Crippen LogP contribution in [-0.2, 0) is 11.2 Å². The lowest BCUT2D eigenvalue weighted by Gasteiger charge is -2.20. The zero-order valence-electron chi connectivity index (χ0n) is 8.45. The third kappa shape index (κ3) is 1.89. The minimum absolute atomic E-state index is 0.0166. The van der Waals surface area contributed by atoms with Crippen molar-refractivity contribution in [1.29, 1.82) is 0 Å². The van der Waals surface area contributed by atoms with Crippen LogP contribution < -0.4 is 10.8 Å². The van der Waals surface area contributed by atoms with Gasteiger partial charge in [0.15, 0.2) is 0 Å². The van der Waals surface area contributed by atoms with Crippen LogP contribution in [0, 0.1) is 6.92 Å². The second-order valence-corrected chi connectivity index (χ2v) is 3.79. The van der Waals surface area contributed by atoms with E-state index in [2.05, 4.69) is 5.32 Å². The molecule has 5 heteroatoms. The molecule has 2 rings (SSSR count). The molecule has 1 aliphatic rings. The molecule has 15 heavy (non-hydrogen) atoms. The standard InChI is InChI=1S/C10H12BNO3/c1-6-4-8(11(14)15)5-7-2-3-9(13)12-10(6)7/h4-5,14-15H,2-3H2,1H3,(H,12,13). The van der Waals surface area contributed by atoms with E-state index >= 15 is 0 Å². The first-order valence-corrected chi connectivity index (χ1v) is 4.87. The number of aryl methyl sites for hydroxylation is 2. The summed E-state index contributed by atoms with van der Waals surface area (Å²) >= 11 is 0. The molecule has 0 aromatic heterocycles. The Morgan fingerprint density at radius 3 is 2.73 bits per heavy atom. The summed E-state index contributed by atoms with van der Waals surface area (Å²) in [6.45, 7) is 1.84. The van der Waals surface area contributed by atoms with Gasteiger partial charge in [-0.05, 0) is 29.9 Å². The van der Waals surface area contributed by atoms with Crippen LogP contribution in [-0.4, -0.2) is 23.1 Å². The monoisotopic (exact) mass is 205 g/mol. The maximum Gasteiger partial charge on any atom is 0.488 e. The van der Waals surface area contributed by atoms with E-state index in [9.17, 15) is 4.79 Å². The van der Waals surface area contributed by atoms with E-state index in [-0.39, 0.29) is 5.91 Å². The summed E-state index contributed by atoms with van der Waals surface area (Å²) in [5.41, 5.74) is 3.12. The van der Waals surface area contributed by atoms with Gasteiger partial charge in [-0.3, -0.25) is 4.79 Å². The van der Waals surface area contributed by atoms with Crippen LogP contribution in [0.3, 0.4) is 0 Å². The summed E-state index contributed by atoms with van der Waals surface area (Å²) in [5.74, 6) is 0.0166. The van der Waals surface area contributed by atoms with Gasteiger partial charge in [-0.1, -0.05) is 12.1 Å². The lowest BCUT2D eigenvalue weighted by molar-refractivity contribution is -0.116. The van der Waals surface area contributed by atoms with Gasteiger partial charge in [0.25, 0.3) is 0 Å². The molecule has 0 atom stereocenters. The van der Waals surface area contributed by atoms with Crippen molar-refractivity contribution in [3.63, 3.8) is 0 Å². The Morgan fingerprint density at radius 1 is 1.33 bits per heavy atom. The molecule has 4 nitrogen and oxygen atoms in total. The topological polar surface area (TPSA) is 69.6 Å². The van der Waals surface area contributed by atoms with Gasteiger partial charge in [-0.25, -0.2) is 0 Å². The number of fused-ring (bicyclic) bond motifs is 1. The molecule has 1 aliphatic heterocycles. The van der Waals surface area contributed by atoms with Crippen LogP contribution in [0.2, 0.25) is 0 Å². The maximum absolute atomic E-state index is 11.2. The fourth-order valence-electron chi connectivity index (χ4n) is 1.87. The number of carbonyl (C=O) groups is 1. The fraction of sp³-hybridized carbons (Fsp3) is 0.300.